The fraction of sp³-hybridized carbons (Fsp3) is 0.583. The molecule has 0 atom stereocenters. The second kappa shape index (κ2) is 5.71. The van der Waals surface area contributed by atoms with E-state index in [0.29, 0.717) is 0 Å². The van der Waals surface area contributed by atoms with E-state index >= 15 is 0 Å². The van der Waals surface area contributed by atoms with Crippen molar-refractivity contribution in [2.75, 3.05) is 6.26 Å². The van der Waals surface area contributed by atoms with E-state index in [4.69, 9.17) is 0 Å². The minimum absolute atomic E-state index is 1.25. The summed E-state index contributed by atoms with van der Waals surface area (Å²) < 4.78 is 0. The molecule has 0 spiro atoms. The zero-order valence-corrected chi connectivity index (χ0v) is 12.0. The molecule has 0 aliphatic heterocycles. The Balaban J connectivity index is 3.01. The number of hydrogen-bond acceptors (Lipinski definition) is 2. The number of nitrogens with zero attached hydrogens (tertiary/aromatic N) is 1. The summed E-state index contributed by atoms with van der Waals surface area (Å²) in [6, 6.07) is 8.41. The van der Waals surface area contributed by atoms with E-state index in [-0.39, 0.29) is 0 Å². The molecular formula is C12H21NSSi. The zero-order valence-electron chi connectivity index (χ0n) is 10.2. The number of aromatic nitrogens is 1. The maximum atomic E-state index is 4.68. The molecule has 0 aromatic carbocycles. The third kappa shape index (κ3) is 2.64. The summed E-state index contributed by atoms with van der Waals surface area (Å²) in [4.78, 5) is 5.94. The van der Waals surface area contributed by atoms with Gasteiger partial charge in [0, 0.05) is 16.4 Å². The van der Waals surface area contributed by atoms with Gasteiger partial charge in [-0.15, -0.1) is 11.8 Å². The lowest BCUT2D eigenvalue weighted by Crippen LogP contribution is -2.47. The average Bonchev–Trinajstić information content (AvgIpc) is 2.33. The SMILES string of the molecule is CC[Si](CC)(CC)c1ccc(SC)cn1. The standard InChI is InChI=1S/C12H21NSSi/c1-5-15(6-2,7-3)12-9-8-11(14-4)10-13-12/h8-10H,5-7H2,1-4H3. The molecule has 1 aromatic heterocycles. The Labute approximate surface area is 98.7 Å². The van der Waals surface area contributed by atoms with E-state index in [9.17, 15) is 0 Å². The summed E-state index contributed by atoms with van der Waals surface area (Å²) in [5.74, 6) is 0. The van der Waals surface area contributed by atoms with Crippen LogP contribution < -0.4 is 5.32 Å². The van der Waals surface area contributed by atoms with E-state index in [2.05, 4.69) is 44.1 Å². The first-order chi connectivity index (χ1) is 7.22. The van der Waals surface area contributed by atoms with Gasteiger partial charge < -0.3 is 0 Å². The van der Waals surface area contributed by atoms with Crippen LogP contribution in [0.4, 0.5) is 0 Å². The van der Waals surface area contributed by atoms with Crippen molar-refractivity contribution in [2.45, 2.75) is 43.8 Å². The highest BCUT2D eigenvalue weighted by molar-refractivity contribution is 7.98. The summed E-state index contributed by atoms with van der Waals surface area (Å²) in [5.41, 5.74) is 0. The van der Waals surface area contributed by atoms with Crippen molar-refractivity contribution in [3.8, 4) is 0 Å². The summed E-state index contributed by atoms with van der Waals surface area (Å²) in [6.07, 6.45) is 4.13. The molecule has 0 bridgehead atoms. The molecule has 0 aliphatic carbocycles. The van der Waals surface area contributed by atoms with Crippen LogP contribution in [0.3, 0.4) is 0 Å². The van der Waals surface area contributed by atoms with Crippen LogP contribution in [-0.4, -0.2) is 19.3 Å². The van der Waals surface area contributed by atoms with Crippen LogP contribution in [0.15, 0.2) is 23.2 Å². The Kier molecular flexibility index (Phi) is 4.86. The summed E-state index contributed by atoms with van der Waals surface area (Å²) in [7, 11) is -1.25. The predicted octanol–water partition coefficient (Wildman–Crippen LogP) is 3.52. The van der Waals surface area contributed by atoms with E-state index in [1.54, 1.807) is 11.8 Å². The lowest BCUT2D eigenvalue weighted by Gasteiger charge is -2.27. The maximum Gasteiger partial charge on any atom is 0.109 e. The Bertz CT molecular complexity index is 285. The van der Waals surface area contributed by atoms with Gasteiger partial charge in [-0.05, 0) is 18.4 Å². The molecule has 0 amide bonds. The maximum absolute atomic E-state index is 4.68. The molecule has 84 valence electrons. The van der Waals surface area contributed by atoms with Crippen molar-refractivity contribution in [1.82, 2.24) is 4.98 Å². The lowest BCUT2D eigenvalue weighted by molar-refractivity contribution is 1.16. The molecular weight excluding hydrogens is 218 g/mol. The number of thioether (sulfide) groups is 1. The first-order valence-electron chi connectivity index (χ1n) is 5.73. The molecule has 0 fully saturated rings. The van der Waals surface area contributed by atoms with E-state index in [1.165, 1.54) is 28.3 Å². The highest BCUT2D eigenvalue weighted by Gasteiger charge is 2.30. The van der Waals surface area contributed by atoms with Crippen LogP contribution in [0, 0.1) is 0 Å². The molecule has 0 radical (unpaired) electrons. The van der Waals surface area contributed by atoms with Gasteiger partial charge in [0.2, 0.25) is 0 Å². The quantitative estimate of drug-likeness (QED) is 0.576. The van der Waals surface area contributed by atoms with Crippen molar-refractivity contribution in [3.05, 3.63) is 18.3 Å². The highest BCUT2D eigenvalue weighted by atomic mass is 32.2. The molecule has 3 heteroatoms. The third-order valence-corrected chi connectivity index (χ3v) is 9.70. The molecule has 0 unspecified atom stereocenters. The van der Waals surface area contributed by atoms with Gasteiger partial charge in [-0.2, -0.15) is 0 Å². The van der Waals surface area contributed by atoms with Gasteiger partial charge >= 0.3 is 0 Å². The minimum Gasteiger partial charge on any atom is -0.265 e. The van der Waals surface area contributed by atoms with Gasteiger partial charge in [0.1, 0.15) is 8.07 Å². The zero-order chi connectivity index (χ0) is 11.3. The van der Waals surface area contributed by atoms with Crippen LogP contribution >= 0.6 is 11.8 Å². The molecule has 0 aliphatic rings. The minimum atomic E-state index is -1.25. The molecule has 0 N–H and O–H groups in total. The smallest absolute Gasteiger partial charge is 0.109 e. The van der Waals surface area contributed by atoms with E-state index < -0.39 is 8.07 Å². The monoisotopic (exact) mass is 239 g/mol. The summed E-state index contributed by atoms with van der Waals surface area (Å²) in [6.45, 7) is 6.97. The molecule has 1 rings (SSSR count). The first kappa shape index (κ1) is 12.8. The van der Waals surface area contributed by atoms with E-state index in [0.717, 1.165) is 0 Å². The number of rotatable bonds is 5. The second-order valence-corrected chi connectivity index (χ2v) is 10.00. The van der Waals surface area contributed by atoms with Crippen molar-refractivity contribution in [3.63, 3.8) is 0 Å². The van der Waals surface area contributed by atoms with Gasteiger partial charge in [-0.3, -0.25) is 4.98 Å². The Morgan fingerprint density at radius 1 is 1.13 bits per heavy atom. The van der Waals surface area contributed by atoms with Gasteiger partial charge in [-0.25, -0.2) is 0 Å². The van der Waals surface area contributed by atoms with Crippen LogP contribution in [0.1, 0.15) is 20.8 Å². The Morgan fingerprint density at radius 2 is 1.73 bits per heavy atom. The van der Waals surface area contributed by atoms with Gasteiger partial charge in [-0.1, -0.05) is 38.9 Å². The lowest BCUT2D eigenvalue weighted by atomic mass is 10.5. The highest BCUT2D eigenvalue weighted by Crippen LogP contribution is 2.20. The Morgan fingerprint density at radius 3 is 2.07 bits per heavy atom. The number of pyridine rings is 1. The van der Waals surface area contributed by atoms with Gasteiger partial charge in [0.05, 0.1) is 0 Å². The van der Waals surface area contributed by atoms with Gasteiger partial charge in [0.25, 0.3) is 0 Å². The first-order valence-corrected chi connectivity index (χ1v) is 9.57. The van der Waals surface area contributed by atoms with Crippen LogP contribution in [0.25, 0.3) is 0 Å². The number of hydrogen-bond donors (Lipinski definition) is 0. The summed E-state index contributed by atoms with van der Waals surface area (Å²) in [5, 5.41) is 1.40. The van der Waals surface area contributed by atoms with Crippen molar-refractivity contribution in [2.24, 2.45) is 0 Å². The fourth-order valence-corrected chi connectivity index (χ4v) is 5.83. The van der Waals surface area contributed by atoms with Gasteiger partial charge in [0.15, 0.2) is 0 Å². The largest absolute Gasteiger partial charge is 0.265 e. The molecule has 0 saturated heterocycles. The van der Waals surface area contributed by atoms with Crippen LogP contribution in [0.5, 0.6) is 0 Å². The second-order valence-electron chi connectivity index (χ2n) is 3.92. The van der Waals surface area contributed by atoms with Crippen molar-refractivity contribution < 1.29 is 0 Å². The molecule has 1 heterocycles. The molecule has 1 nitrogen and oxygen atoms in total. The normalized spacial score (nSPS) is 11.7. The molecule has 15 heavy (non-hydrogen) atoms. The van der Waals surface area contributed by atoms with E-state index in [1.807, 2.05) is 6.20 Å². The topological polar surface area (TPSA) is 12.9 Å². The third-order valence-electron chi connectivity index (χ3n) is 3.55. The van der Waals surface area contributed by atoms with Crippen LogP contribution in [0.2, 0.25) is 18.1 Å². The molecule has 0 saturated carbocycles. The summed E-state index contributed by atoms with van der Waals surface area (Å²) >= 11 is 1.76. The predicted molar refractivity (Wildman–Crippen MR) is 72.8 cm³/mol. The average molecular weight is 239 g/mol. The molecule has 1 aromatic rings. The van der Waals surface area contributed by atoms with Crippen molar-refractivity contribution in [1.29, 1.82) is 0 Å². The fourth-order valence-electron chi connectivity index (χ4n) is 2.11. The Hall–Kier alpha value is -0.283. The van der Waals surface area contributed by atoms with Crippen LogP contribution in [-0.2, 0) is 0 Å². The van der Waals surface area contributed by atoms with Crippen molar-refractivity contribution >= 4 is 25.2 Å².